The molecule has 0 unspecified atom stereocenters. The second kappa shape index (κ2) is 8.24. The van der Waals surface area contributed by atoms with Crippen molar-refractivity contribution in [3.8, 4) is 5.75 Å². The zero-order valence-electron chi connectivity index (χ0n) is 14.8. The number of aromatic nitrogens is 5. The monoisotopic (exact) mass is 355 g/mol. The van der Waals surface area contributed by atoms with Crippen LogP contribution in [0, 0.1) is 0 Å². The van der Waals surface area contributed by atoms with Crippen LogP contribution in [0.25, 0.3) is 10.9 Å². The predicted octanol–water partition coefficient (Wildman–Crippen LogP) is 1.53. The molecule has 0 spiro atoms. The van der Waals surface area contributed by atoms with Crippen molar-refractivity contribution >= 4 is 16.9 Å². The van der Waals surface area contributed by atoms with Crippen LogP contribution in [0.2, 0.25) is 0 Å². The van der Waals surface area contributed by atoms with Crippen molar-refractivity contribution in [1.29, 1.82) is 0 Å². The van der Waals surface area contributed by atoms with E-state index in [9.17, 15) is 4.79 Å². The molecule has 3 rings (SSSR count). The van der Waals surface area contributed by atoms with E-state index in [0.717, 1.165) is 28.6 Å². The van der Waals surface area contributed by atoms with Gasteiger partial charge in [-0.1, -0.05) is 17.3 Å². The quantitative estimate of drug-likeness (QED) is 0.622. The Morgan fingerprint density at radius 2 is 2.23 bits per heavy atom. The number of aromatic amines is 1. The Bertz CT molecular complexity index is 867. The van der Waals surface area contributed by atoms with Crippen LogP contribution in [-0.4, -0.2) is 57.2 Å². The van der Waals surface area contributed by atoms with Gasteiger partial charge >= 0.3 is 6.03 Å². The number of methoxy groups -OCH3 is 1. The van der Waals surface area contributed by atoms with Crippen LogP contribution < -0.4 is 10.1 Å². The minimum atomic E-state index is -0.133. The molecule has 136 valence electrons. The smallest absolute Gasteiger partial charge is 0.317 e. The van der Waals surface area contributed by atoms with Gasteiger partial charge in [-0.15, -0.1) is 10.2 Å². The van der Waals surface area contributed by atoms with Crippen molar-refractivity contribution < 1.29 is 9.53 Å². The molecule has 0 fully saturated rings. The molecule has 0 saturated heterocycles. The van der Waals surface area contributed by atoms with Gasteiger partial charge in [-0.3, -0.25) is 4.98 Å². The fraction of sp³-hybridized carbons (Fsp3) is 0.353. The molecule has 9 heteroatoms. The number of carbonyl (C=O) groups excluding carboxylic acids is 1. The van der Waals surface area contributed by atoms with Crippen LogP contribution in [0.5, 0.6) is 5.75 Å². The van der Waals surface area contributed by atoms with Crippen LogP contribution in [-0.2, 0) is 13.0 Å². The second-order valence-electron chi connectivity index (χ2n) is 5.85. The summed E-state index contributed by atoms with van der Waals surface area (Å²) in [5.41, 5.74) is 1.81. The Kier molecular flexibility index (Phi) is 5.57. The van der Waals surface area contributed by atoms with Crippen molar-refractivity contribution in [2.75, 3.05) is 20.7 Å². The highest BCUT2D eigenvalue weighted by Crippen LogP contribution is 2.27. The van der Waals surface area contributed by atoms with Crippen LogP contribution in [0.3, 0.4) is 0 Å². The molecule has 0 aliphatic carbocycles. The number of carbonyl (C=O) groups is 1. The summed E-state index contributed by atoms with van der Waals surface area (Å²) in [6, 6.07) is 7.57. The van der Waals surface area contributed by atoms with Gasteiger partial charge in [-0.25, -0.2) is 4.79 Å². The first-order valence-electron chi connectivity index (χ1n) is 8.31. The van der Waals surface area contributed by atoms with E-state index in [1.807, 2.05) is 24.3 Å². The van der Waals surface area contributed by atoms with Crippen molar-refractivity contribution in [1.82, 2.24) is 35.8 Å². The lowest BCUT2D eigenvalue weighted by atomic mass is 10.1. The highest BCUT2D eigenvalue weighted by molar-refractivity contribution is 5.87. The topological polar surface area (TPSA) is 109 Å². The molecule has 0 radical (unpaired) electrons. The fourth-order valence-corrected chi connectivity index (χ4v) is 2.70. The highest BCUT2D eigenvalue weighted by Gasteiger charge is 2.13. The fourth-order valence-electron chi connectivity index (χ4n) is 2.70. The number of urea groups is 1. The number of hydrogen-bond acceptors (Lipinski definition) is 6. The van der Waals surface area contributed by atoms with E-state index in [-0.39, 0.29) is 6.03 Å². The van der Waals surface area contributed by atoms with Gasteiger partial charge in [0.2, 0.25) is 0 Å². The number of amides is 2. The first-order valence-corrected chi connectivity index (χ1v) is 8.31. The molecule has 1 aromatic carbocycles. The minimum absolute atomic E-state index is 0.133. The van der Waals surface area contributed by atoms with Gasteiger partial charge in [0.25, 0.3) is 0 Å². The molecule has 0 aliphatic rings. The maximum Gasteiger partial charge on any atom is 0.317 e. The summed E-state index contributed by atoms with van der Waals surface area (Å²) in [6.07, 6.45) is 3.14. The number of ether oxygens (including phenoxy) is 1. The van der Waals surface area contributed by atoms with Crippen molar-refractivity contribution in [2.45, 2.75) is 19.4 Å². The molecular weight excluding hydrogens is 334 g/mol. The first-order chi connectivity index (χ1) is 12.7. The molecule has 26 heavy (non-hydrogen) atoms. The molecule has 9 nitrogen and oxygen atoms in total. The van der Waals surface area contributed by atoms with E-state index in [1.165, 1.54) is 0 Å². The first kappa shape index (κ1) is 17.6. The lowest BCUT2D eigenvalue weighted by Gasteiger charge is -2.19. The maximum atomic E-state index is 12.3. The SMILES string of the molecule is COc1ccc(CN(C)C(=O)NCCCc2nn[nH]n2)c2cccnc12. The van der Waals surface area contributed by atoms with Crippen LogP contribution in [0.4, 0.5) is 4.79 Å². The maximum absolute atomic E-state index is 12.3. The standard InChI is InChI=1S/C17H21N7O2/c1-24(17(25)19-10-4-6-15-20-22-23-21-15)11-12-7-8-14(26-2)16-13(12)5-3-9-18-16/h3,5,7-9H,4,6,10-11H2,1-2H3,(H,19,25)(H,20,21,22,23). The highest BCUT2D eigenvalue weighted by atomic mass is 16.5. The third-order valence-electron chi connectivity index (χ3n) is 4.04. The zero-order valence-corrected chi connectivity index (χ0v) is 14.8. The average Bonchev–Trinajstić information content (AvgIpc) is 3.18. The summed E-state index contributed by atoms with van der Waals surface area (Å²) in [5, 5.41) is 17.5. The molecule has 2 aromatic heterocycles. The molecule has 2 N–H and O–H groups in total. The van der Waals surface area contributed by atoms with Crippen LogP contribution >= 0.6 is 0 Å². The number of fused-ring (bicyclic) bond motifs is 1. The normalized spacial score (nSPS) is 10.7. The van der Waals surface area contributed by atoms with Gasteiger partial charge in [0, 0.05) is 38.1 Å². The van der Waals surface area contributed by atoms with Gasteiger partial charge in [-0.05, 0) is 24.1 Å². The molecule has 2 amide bonds. The summed E-state index contributed by atoms with van der Waals surface area (Å²) in [7, 11) is 3.39. The summed E-state index contributed by atoms with van der Waals surface area (Å²) in [4.78, 5) is 18.3. The Balaban J connectivity index is 1.58. The Morgan fingerprint density at radius 1 is 1.35 bits per heavy atom. The molecule has 0 saturated carbocycles. The van der Waals surface area contributed by atoms with Crippen molar-refractivity contribution in [3.05, 3.63) is 41.9 Å². The summed E-state index contributed by atoms with van der Waals surface area (Å²) >= 11 is 0. The number of benzene rings is 1. The van der Waals surface area contributed by atoms with E-state index in [1.54, 1.807) is 25.3 Å². The second-order valence-corrected chi connectivity index (χ2v) is 5.85. The van der Waals surface area contributed by atoms with E-state index < -0.39 is 0 Å². The number of rotatable bonds is 7. The number of nitrogens with zero attached hydrogens (tertiary/aromatic N) is 5. The van der Waals surface area contributed by atoms with E-state index in [4.69, 9.17) is 4.74 Å². The van der Waals surface area contributed by atoms with E-state index in [0.29, 0.717) is 25.3 Å². The largest absolute Gasteiger partial charge is 0.494 e. The number of H-pyrrole nitrogens is 1. The Hall–Kier alpha value is -3.23. The van der Waals surface area contributed by atoms with Gasteiger partial charge in [0.05, 0.1) is 7.11 Å². The molecule has 0 atom stereocenters. The minimum Gasteiger partial charge on any atom is -0.494 e. The Labute approximate surface area is 150 Å². The van der Waals surface area contributed by atoms with Crippen LogP contribution in [0.15, 0.2) is 30.5 Å². The summed E-state index contributed by atoms with van der Waals surface area (Å²) < 4.78 is 5.36. The number of pyridine rings is 1. The molecule has 3 aromatic rings. The average molecular weight is 355 g/mol. The molecule has 0 aliphatic heterocycles. The zero-order chi connectivity index (χ0) is 18.4. The van der Waals surface area contributed by atoms with Crippen molar-refractivity contribution in [3.63, 3.8) is 0 Å². The van der Waals surface area contributed by atoms with Crippen molar-refractivity contribution in [2.24, 2.45) is 0 Å². The number of nitrogens with one attached hydrogen (secondary N) is 2. The van der Waals surface area contributed by atoms with Gasteiger partial charge in [0.15, 0.2) is 5.82 Å². The van der Waals surface area contributed by atoms with E-state index >= 15 is 0 Å². The third kappa shape index (κ3) is 4.05. The van der Waals surface area contributed by atoms with Gasteiger partial charge in [-0.2, -0.15) is 5.21 Å². The molecule has 2 heterocycles. The number of tetrazole rings is 1. The number of aryl methyl sites for hydroxylation is 1. The number of hydrogen-bond donors (Lipinski definition) is 2. The summed E-state index contributed by atoms with van der Waals surface area (Å²) in [5.74, 6) is 1.36. The molecular formula is C17H21N7O2. The van der Waals surface area contributed by atoms with Gasteiger partial charge < -0.3 is 15.0 Å². The third-order valence-corrected chi connectivity index (χ3v) is 4.04. The van der Waals surface area contributed by atoms with Gasteiger partial charge in [0.1, 0.15) is 11.3 Å². The van der Waals surface area contributed by atoms with Crippen LogP contribution in [0.1, 0.15) is 17.8 Å². The molecule has 0 bridgehead atoms. The Morgan fingerprint density at radius 3 is 3.00 bits per heavy atom. The summed E-state index contributed by atoms with van der Waals surface area (Å²) in [6.45, 7) is 1.02. The van der Waals surface area contributed by atoms with E-state index in [2.05, 4.69) is 30.9 Å². The predicted molar refractivity (Wildman–Crippen MR) is 95.7 cm³/mol. The lowest BCUT2D eigenvalue weighted by molar-refractivity contribution is 0.207. The lowest BCUT2D eigenvalue weighted by Crippen LogP contribution is -2.37.